The third-order valence-corrected chi connectivity index (χ3v) is 4.50. The minimum Gasteiger partial charge on any atom is -0.386 e. The Morgan fingerprint density at radius 2 is 2.00 bits per heavy atom. The van der Waals surface area contributed by atoms with Crippen LogP contribution in [0.1, 0.15) is 6.42 Å². The van der Waals surface area contributed by atoms with Gasteiger partial charge in [-0.15, -0.1) is 0 Å². The molecule has 1 fully saturated rings. The van der Waals surface area contributed by atoms with Crippen LogP contribution in [0.25, 0.3) is 0 Å². The summed E-state index contributed by atoms with van der Waals surface area (Å²) in [5.41, 5.74) is 2.57. The molecular weight excluding hydrogens is 250 g/mol. The number of anilines is 3. The fourth-order valence-electron chi connectivity index (χ4n) is 1.94. The van der Waals surface area contributed by atoms with Crippen molar-refractivity contribution in [3.8, 4) is 0 Å². The molecule has 100 valence electrons. The van der Waals surface area contributed by atoms with Gasteiger partial charge in [-0.3, -0.25) is 4.31 Å². The molecule has 0 radical (unpaired) electrons. The minimum atomic E-state index is -3.24. The van der Waals surface area contributed by atoms with Crippen molar-refractivity contribution in [2.75, 3.05) is 48.0 Å². The molecule has 18 heavy (non-hydrogen) atoms. The lowest BCUT2D eigenvalue weighted by atomic mass is 10.1. The summed E-state index contributed by atoms with van der Waals surface area (Å²) in [5.74, 6) is 0. The number of hydrogen-bond acceptors (Lipinski definition) is 4. The van der Waals surface area contributed by atoms with Crippen molar-refractivity contribution in [1.29, 1.82) is 0 Å². The van der Waals surface area contributed by atoms with E-state index in [9.17, 15) is 8.42 Å². The van der Waals surface area contributed by atoms with Crippen LogP contribution in [0.5, 0.6) is 0 Å². The van der Waals surface area contributed by atoms with Gasteiger partial charge in [0.2, 0.25) is 10.0 Å². The molecule has 0 amide bonds. The van der Waals surface area contributed by atoms with Crippen LogP contribution in [-0.4, -0.2) is 41.9 Å². The monoisotopic (exact) mass is 269 g/mol. The lowest BCUT2D eigenvalue weighted by molar-refractivity contribution is 0.600. The van der Waals surface area contributed by atoms with Crippen LogP contribution in [0.3, 0.4) is 0 Å². The van der Waals surface area contributed by atoms with Gasteiger partial charge in [-0.25, -0.2) is 8.42 Å². The lowest BCUT2D eigenvalue weighted by Gasteiger charge is -2.34. The standard InChI is InChI=1S/C12H19N3O2S/c1-13-11-6-5-10(15-7-4-8-15)9-12(11)14(2)18(3,16)17/h5-6,9,13H,4,7-8H2,1-3H3. The molecule has 5 nitrogen and oxygen atoms in total. The van der Waals surface area contributed by atoms with Crippen LogP contribution in [0.4, 0.5) is 17.1 Å². The molecule has 1 heterocycles. The molecule has 1 saturated heterocycles. The van der Waals surface area contributed by atoms with Crippen LogP contribution < -0.4 is 14.5 Å². The Bertz CT molecular complexity index is 538. The summed E-state index contributed by atoms with van der Waals surface area (Å²) in [6.07, 6.45) is 2.41. The molecule has 0 spiro atoms. The van der Waals surface area contributed by atoms with E-state index in [2.05, 4.69) is 10.2 Å². The Hall–Kier alpha value is -1.43. The van der Waals surface area contributed by atoms with Crippen molar-refractivity contribution < 1.29 is 8.42 Å². The Morgan fingerprint density at radius 3 is 2.44 bits per heavy atom. The van der Waals surface area contributed by atoms with Gasteiger partial charge in [0, 0.05) is 32.9 Å². The summed E-state index contributed by atoms with van der Waals surface area (Å²) in [6, 6.07) is 5.86. The zero-order valence-electron chi connectivity index (χ0n) is 11.0. The Balaban J connectivity index is 2.42. The van der Waals surface area contributed by atoms with Gasteiger partial charge in [0.1, 0.15) is 0 Å². The van der Waals surface area contributed by atoms with Crippen molar-refractivity contribution in [2.24, 2.45) is 0 Å². The van der Waals surface area contributed by atoms with Crippen molar-refractivity contribution >= 4 is 27.1 Å². The fourth-order valence-corrected chi connectivity index (χ4v) is 2.45. The molecule has 0 saturated carbocycles. The van der Waals surface area contributed by atoms with Crippen molar-refractivity contribution in [1.82, 2.24) is 0 Å². The number of nitrogens with one attached hydrogen (secondary N) is 1. The first-order valence-electron chi connectivity index (χ1n) is 5.94. The SMILES string of the molecule is CNc1ccc(N2CCC2)cc1N(C)S(C)(=O)=O. The zero-order valence-corrected chi connectivity index (χ0v) is 11.8. The summed E-state index contributed by atoms with van der Waals surface area (Å²) >= 11 is 0. The second kappa shape index (κ2) is 4.68. The third-order valence-electron chi connectivity index (χ3n) is 3.31. The highest BCUT2D eigenvalue weighted by molar-refractivity contribution is 7.92. The van der Waals surface area contributed by atoms with Gasteiger partial charge >= 0.3 is 0 Å². The maximum atomic E-state index is 11.6. The summed E-state index contributed by atoms with van der Waals surface area (Å²) in [5, 5.41) is 3.03. The number of nitrogens with zero attached hydrogens (tertiary/aromatic N) is 2. The highest BCUT2D eigenvalue weighted by atomic mass is 32.2. The maximum absolute atomic E-state index is 11.6. The molecule has 0 atom stereocenters. The van der Waals surface area contributed by atoms with Gasteiger partial charge in [0.05, 0.1) is 17.6 Å². The highest BCUT2D eigenvalue weighted by Gasteiger charge is 2.19. The quantitative estimate of drug-likeness (QED) is 0.896. The highest BCUT2D eigenvalue weighted by Crippen LogP contribution is 2.32. The number of rotatable bonds is 4. The Labute approximate surface area is 108 Å². The van der Waals surface area contributed by atoms with E-state index >= 15 is 0 Å². The van der Waals surface area contributed by atoms with Gasteiger partial charge in [0.25, 0.3) is 0 Å². The first-order valence-corrected chi connectivity index (χ1v) is 7.79. The molecule has 2 rings (SSSR count). The van der Waals surface area contributed by atoms with Crippen LogP contribution >= 0.6 is 0 Å². The second-order valence-corrected chi connectivity index (χ2v) is 6.54. The van der Waals surface area contributed by atoms with Gasteiger partial charge in [-0.05, 0) is 24.6 Å². The molecule has 0 unspecified atom stereocenters. The lowest BCUT2D eigenvalue weighted by Crippen LogP contribution is -2.37. The Kier molecular flexibility index (Phi) is 3.38. The molecule has 1 aromatic rings. The molecule has 0 aliphatic carbocycles. The van der Waals surface area contributed by atoms with Crippen LogP contribution in [0, 0.1) is 0 Å². The summed E-state index contributed by atoms with van der Waals surface area (Å²) in [6.45, 7) is 2.09. The van der Waals surface area contributed by atoms with E-state index in [-0.39, 0.29) is 0 Å². The average molecular weight is 269 g/mol. The van der Waals surface area contributed by atoms with Crippen molar-refractivity contribution in [3.63, 3.8) is 0 Å². The van der Waals surface area contributed by atoms with E-state index in [0.29, 0.717) is 5.69 Å². The van der Waals surface area contributed by atoms with Crippen LogP contribution in [0.15, 0.2) is 18.2 Å². The topological polar surface area (TPSA) is 52.6 Å². The van der Waals surface area contributed by atoms with Gasteiger partial charge in [0.15, 0.2) is 0 Å². The number of benzene rings is 1. The molecule has 1 aromatic carbocycles. The van der Waals surface area contributed by atoms with Crippen molar-refractivity contribution in [3.05, 3.63) is 18.2 Å². The van der Waals surface area contributed by atoms with Gasteiger partial charge in [-0.2, -0.15) is 0 Å². The fraction of sp³-hybridized carbons (Fsp3) is 0.500. The van der Waals surface area contributed by atoms with E-state index in [1.54, 1.807) is 14.1 Å². The molecule has 0 bridgehead atoms. The number of sulfonamides is 1. The third kappa shape index (κ3) is 2.38. The number of hydrogen-bond donors (Lipinski definition) is 1. The molecule has 1 aliphatic heterocycles. The van der Waals surface area contributed by atoms with Gasteiger partial charge < -0.3 is 10.2 Å². The predicted octanol–water partition coefficient (Wildman–Crippen LogP) is 1.33. The van der Waals surface area contributed by atoms with E-state index < -0.39 is 10.0 Å². The molecule has 1 aliphatic rings. The predicted molar refractivity (Wildman–Crippen MR) is 76.1 cm³/mol. The van der Waals surface area contributed by atoms with Crippen LogP contribution in [0.2, 0.25) is 0 Å². The maximum Gasteiger partial charge on any atom is 0.232 e. The zero-order chi connectivity index (χ0) is 13.3. The van der Waals surface area contributed by atoms with Crippen LogP contribution in [-0.2, 0) is 10.0 Å². The normalized spacial score (nSPS) is 15.2. The summed E-state index contributed by atoms with van der Waals surface area (Å²) in [4.78, 5) is 2.24. The van der Waals surface area contributed by atoms with E-state index in [1.807, 2.05) is 18.2 Å². The van der Waals surface area contributed by atoms with E-state index in [0.717, 1.165) is 24.5 Å². The summed E-state index contributed by atoms with van der Waals surface area (Å²) < 4.78 is 24.6. The molecule has 6 heteroatoms. The first-order chi connectivity index (χ1) is 8.43. The summed E-state index contributed by atoms with van der Waals surface area (Å²) in [7, 11) is 0.120. The molecular formula is C12H19N3O2S. The minimum absolute atomic E-state index is 0.685. The molecule has 0 aromatic heterocycles. The van der Waals surface area contributed by atoms with E-state index in [1.165, 1.54) is 17.0 Å². The smallest absolute Gasteiger partial charge is 0.232 e. The van der Waals surface area contributed by atoms with Crippen molar-refractivity contribution in [2.45, 2.75) is 6.42 Å². The second-order valence-electron chi connectivity index (χ2n) is 4.52. The first kappa shape index (κ1) is 13.0. The van der Waals surface area contributed by atoms with Gasteiger partial charge in [-0.1, -0.05) is 0 Å². The van der Waals surface area contributed by atoms with E-state index in [4.69, 9.17) is 0 Å². The Morgan fingerprint density at radius 1 is 1.33 bits per heavy atom. The molecule has 1 N–H and O–H groups in total. The largest absolute Gasteiger partial charge is 0.386 e. The average Bonchev–Trinajstić information content (AvgIpc) is 2.24.